The molecule has 178 valence electrons. The van der Waals surface area contributed by atoms with Gasteiger partial charge in [0.05, 0.1) is 12.7 Å². The van der Waals surface area contributed by atoms with E-state index in [-0.39, 0.29) is 18.3 Å². The van der Waals surface area contributed by atoms with Crippen LogP contribution in [-0.2, 0) is 11.2 Å². The van der Waals surface area contributed by atoms with Crippen molar-refractivity contribution in [2.75, 3.05) is 13.7 Å². The highest BCUT2D eigenvalue weighted by molar-refractivity contribution is 6.31. The van der Waals surface area contributed by atoms with Gasteiger partial charge in [-0.15, -0.1) is 0 Å². The van der Waals surface area contributed by atoms with Gasteiger partial charge in [-0.2, -0.15) is 0 Å². The molecule has 0 unspecified atom stereocenters. The number of benzene rings is 3. The molecule has 0 atom stereocenters. The summed E-state index contributed by atoms with van der Waals surface area (Å²) in [6.45, 7) is 3.16. The Morgan fingerprint density at radius 1 is 1.03 bits per heavy atom. The quantitative estimate of drug-likeness (QED) is 0.425. The monoisotopic (exact) mass is 485 g/mol. The van der Waals surface area contributed by atoms with E-state index in [2.05, 4.69) is 5.32 Å². The van der Waals surface area contributed by atoms with Crippen LogP contribution in [0.2, 0.25) is 5.02 Å². The number of carboxylic acids is 1. The maximum Gasteiger partial charge on any atom is 0.347 e. The minimum absolute atomic E-state index is 0.232. The number of carbonyl (C=O) groups is 2. The zero-order valence-corrected chi connectivity index (χ0v) is 19.8. The van der Waals surface area contributed by atoms with E-state index in [0.29, 0.717) is 39.6 Å². The summed E-state index contributed by atoms with van der Waals surface area (Å²) in [5.74, 6) is -1.01. The van der Waals surface area contributed by atoms with Crippen LogP contribution < -0.4 is 14.8 Å². The smallest absolute Gasteiger partial charge is 0.347 e. The first-order valence-corrected chi connectivity index (χ1v) is 10.9. The summed E-state index contributed by atoms with van der Waals surface area (Å²) >= 11 is 5.97. The Balaban J connectivity index is 1.63. The number of hydrogen-bond acceptors (Lipinski definition) is 4. The van der Waals surface area contributed by atoms with Gasteiger partial charge in [0, 0.05) is 11.6 Å². The number of methoxy groups -OCH3 is 1. The van der Waals surface area contributed by atoms with Gasteiger partial charge in [0.15, 0.2) is 5.60 Å². The Labute approximate surface area is 202 Å². The van der Waals surface area contributed by atoms with E-state index in [4.69, 9.17) is 21.1 Å². The zero-order chi connectivity index (χ0) is 24.9. The van der Waals surface area contributed by atoms with Crippen LogP contribution in [0, 0.1) is 5.82 Å². The number of halogens is 2. The molecular weight excluding hydrogens is 461 g/mol. The molecule has 0 aliphatic carbocycles. The summed E-state index contributed by atoms with van der Waals surface area (Å²) in [5, 5.41) is 12.3. The highest BCUT2D eigenvalue weighted by atomic mass is 35.5. The largest absolute Gasteiger partial charge is 0.496 e. The van der Waals surface area contributed by atoms with Crippen molar-refractivity contribution in [1.29, 1.82) is 0 Å². The van der Waals surface area contributed by atoms with E-state index < -0.39 is 11.6 Å². The second-order valence-electron chi connectivity index (χ2n) is 8.10. The first-order valence-electron chi connectivity index (χ1n) is 10.5. The number of carbonyl (C=O) groups excluding carboxylic acids is 1. The number of amides is 1. The molecule has 1 amide bonds. The van der Waals surface area contributed by atoms with Crippen molar-refractivity contribution in [3.8, 4) is 22.6 Å². The molecule has 34 heavy (non-hydrogen) atoms. The number of hydrogen-bond donors (Lipinski definition) is 2. The zero-order valence-electron chi connectivity index (χ0n) is 19.0. The minimum Gasteiger partial charge on any atom is -0.496 e. The van der Waals surface area contributed by atoms with Crippen LogP contribution >= 0.6 is 11.6 Å². The lowest BCUT2D eigenvalue weighted by Gasteiger charge is -2.21. The Kier molecular flexibility index (Phi) is 7.79. The summed E-state index contributed by atoms with van der Waals surface area (Å²) in [5.41, 5.74) is 0.836. The Morgan fingerprint density at radius 3 is 2.32 bits per heavy atom. The number of ether oxygens (including phenoxy) is 2. The Hall–Kier alpha value is -3.58. The van der Waals surface area contributed by atoms with Crippen LogP contribution in [0.1, 0.15) is 29.8 Å². The van der Waals surface area contributed by atoms with Gasteiger partial charge in [-0.3, -0.25) is 4.79 Å². The van der Waals surface area contributed by atoms with Gasteiger partial charge >= 0.3 is 5.97 Å². The predicted octanol–water partition coefficient (Wildman–Crippen LogP) is 5.37. The van der Waals surface area contributed by atoms with Gasteiger partial charge in [0.25, 0.3) is 5.91 Å². The lowest BCUT2D eigenvalue weighted by atomic mass is 10.0. The van der Waals surface area contributed by atoms with Crippen LogP contribution in [0.25, 0.3) is 11.1 Å². The molecule has 0 heterocycles. The van der Waals surface area contributed by atoms with Gasteiger partial charge in [-0.25, -0.2) is 9.18 Å². The summed E-state index contributed by atoms with van der Waals surface area (Å²) in [6.07, 6.45) is 0.303. The number of aliphatic carboxylic acids is 1. The van der Waals surface area contributed by atoms with Crippen molar-refractivity contribution in [2.45, 2.75) is 25.9 Å². The second-order valence-corrected chi connectivity index (χ2v) is 8.54. The van der Waals surface area contributed by atoms with E-state index in [9.17, 15) is 19.1 Å². The predicted molar refractivity (Wildman–Crippen MR) is 128 cm³/mol. The molecule has 0 fully saturated rings. The van der Waals surface area contributed by atoms with E-state index in [1.165, 1.54) is 33.1 Å². The number of rotatable bonds is 9. The summed E-state index contributed by atoms with van der Waals surface area (Å²) in [7, 11) is 1.47. The first kappa shape index (κ1) is 25.1. The molecule has 0 bridgehead atoms. The van der Waals surface area contributed by atoms with E-state index in [0.717, 1.165) is 5.56 Å². The van der Waals surface area contributed by atoms with Gasteiger partial charge < -0.3 is 19.9 Å². The standard InChI is InChI=1S/C26H25ClFNO5/c1-26(2,25(31)32)34-20-9-6-16(7-10-20)18-5-4-17(22(28)14-18)12-13-29-24(30)21-15-19(27)8-11-23(21)33-3/h4-11,14-15H,12-13H2,1-3H3,(H,29,30)(H,31,32). The molecule has 0 aliphatic heterocycles. The molecule has 3 aromatic carbocycles. The van der Waals surface area contributed by atoms with Crippen molar-refractivity contribution in [3.63, 3.8) is 0 Å². The van der Waals surface area contributed by atoms with Gasteiger partial charge in [-0.1, -0.05) is 35.9 Å². The third-order valence-electron chi connectivity index (χ3n) is 5.21. The summed E-state index contributed by atoms with van der Waals surface area (Å²) < 4.78 is 25.4. The van der Waals surface area contributed by atoms with Gasteiger partial charge in [0.2, 0.25) is 0 Å². The highest BCUT2D eigenvalue weighted by Crippen LogP contribution is 2.27. The van der Waals surface area contributed by atoms with Crippen molar-refractivity contribution >= 4 is 23.5 Å². The SMILES string of the molecule is COc1ccc(Cl)cc1C(=O)NCCc1ccc(-c2ccc(OC(C)(C)C(=O)O)cc2)cc1F. The third-order valence-corrected chi connectivity index (χ3v) is 5.45. The Morgan fingerprint density at radius 2 is 1.71 bits per heavy atom. The maximum atomic E-state index is 14.7. The van der Waals surface area contributed by atoms with Crippen LogP contribution in [-0.4, -0.2) is 36.2 Å². The van der Waals surface area contributed by atoms with Crippen molar-refractivity contribution in [3.05, 3.63) is 82.6 Å². The van der Waals surface area contributed by atoms with E-state index in [1.807, 2.05) is 0 Å². The van der Waals surface area contributed by atoms with E-state index in [1.54, 1.807) is 48.5 Å². The van der Waals surface area contributed by atoms with Crippen LogP contribution in [0.3, 0.4) is 0 Å². The molecular formula is C26H25ClFNO5. The molecule has 0 aromatic heterocycles. The average Bonchev–Trinajstić information content (AvgIpc) is 2.80. The average molecular weight is 486 g/mol. The fourth-order valence-electron chi connectivity index (χ4n) is 3.25. The van der Waals surface area contributed by atoms with E-state index >= 15 is 0 Å². The second kappa shape index (κ2) is 10.6. The third kappa shape index (κ3) is 6.05. The minimum atomic E-state index is -1.36. The van der Waals surface area contributed by atoms with Crippen LogP contribution in [0.5, 0.6) is 11.5 Å². The molecule has 3 aromatic rings. The van der Waals surface area contributed by atoms with Gasteiger partial charge in [0.1, 0.15) is 17.3 Å². The molecule has 0 radical (unpaired) electrons. The molecule has 0 spiro atoms. The molecule has 3 rings (SSSR count). The molecule has 0 saturated heterocycles. The van der Waals surface area contributed by atoms with Crippen molar-refractivity contribution < 1.29 is 28.6 Å². The van der Waals surface area contributed by atoms with Crippen molar-refractivity contribution in [1.82, 2.24) is 5.32 Å². The normalized spacial score (nSPS) is 11.1. The highest BCUT2D eigenvalue weighted by Gasteiger charge is 2.29. The molecule has 2 N–H and O–H groups in total. The summed E-state index contributed by atoms with van der Waals surface area (Å²) in [6, 6.07) is 16.4. The molecule has 8 heteroatoms. The topological polar surface area (TPSA) is 84.9 Å². The summed E-state index contributed by atoms with van der Waals surface area (Å²) in [4.78, 5) is 23.7. The number of carboxylic acid groups (broad SMARTS) is 1. The van der Waals surface area contributed by atoms with Crippen molar-refractivity contribution in [2.24, 2.45) is 0 Å². The molecule has 6 nitrogen and oxygen atoms in total. The number of nitrogens with one attached hydrogen (secondary N) is 1. The van der Waals surface area contributed by atoms with Crippen LogP contribution in [0.4, 0.5) is 4.39 Å². The first-order chi connectivity index (χ1) is 16.1. The maximum absolute atomic E-state index is 14.7. The molecule has 0 aliphatic rings. The lowest BCUT2D eigenvalue weighted by molar-refractivity contribution is -0.152. The van der Waals surface area contributed by atoms with Gasteiger partial charge in [-0.05, 0) is 73.4 Å². The fourth-order valence-corrected chi connectivity index (χ4v) is 3.42. The molecule has 0 saturated carbocycles. The fraction of sp³-hybridized carbons (Fsp3) is 0.231. The Bertz CT molecular complexity index is 1190. The van der Waals surface area contributed by atoms with Crippen LogP contribution in [0.15, 0.2) is 60.7 Å². The lowest BCUT2D eigenvalue weighted by Crippen LogP contribution is -2.37.